The van der Waals surface area contributed by atoms with E-state index in [0.717, 1.165) is 36.1 Å². The first kappa shape index (κ1) is 14.4. The average Bonchev–Trinajstić information content (AvgIpc) is 2.55. The van der Waals surface area contributed by atoms with Gasteiger partial charge in [-0.1, -0.05) is 19.1 Å². The highest BCUT2D eigenvalue weighted by molar-refractivity contribution is 5.78. The fourth-order valence-corrected chi connectivity index (χ4v) is 3.31. The van der Waals surface area contributed by atoms with Crippen LogP contribution in [-0.2, 0) is 6.42 Å². The molecule has 0 saturated heterocycles. The third-order valence-electron chi connectivity index (χ3n) is 4.46. The average molecular weight is 294 g/mol. The maximum atomic E-state index is 9.55. The Hall–Kier alpha value is -2.54. The van der Waals surface area contributed by atoms with Crippen LogP contribution in [0.4, 0.5) is 5.82 Å². The van der Waals surface area contributed by atoms with Crippen LogP contribution in [0.15, 0.2) is 24.3 Å². The predicted molar refractivity (Wildman–Crippen MR) is 85.5 cm³/mol. The summed E-state index contributed by atoms with van der Waals surface area (Å²) >= 11 is 0. The standard InChI is InChI=1S/C18H19N3O/c1-11-4-3-5-14-16(12-6-8-13(22-2)9-7-12)15(10-19)18(20)21-17(11)14/h6-9,11H,3-5H2,1-2H3,(H2,20,21)/p+1/t11-/m1/s1. The third kappa shape index (κ3) is 2.29. The van der Waals surface area contributed by atoms with Crippen LogP contribution in [-0.4, -0.2) is 7.11 Å². The monoisotopic (exact) mass is 294 g/mol. The first-order chi connectivity index (χ1) is 10.7. The van der Waals surface area contributed by atoms with Gasteiger partial charge >= 0.3 is 0 Å². The van der Waals surface area contributed by atoms with Gasteiger partial charge in [0.05, 0.1) is 7.11 Å². The molecule has 1 aliphatic rings. The van der Waals surface area contributed by atoms with Crippen molar-refractivity contribution in [3.05, 3.63) is 41.1 Å². The molecule has 0 unspecified atom stereocenters. The number of rotatable bonds is 2. The van der Waals surface area contributed by atoms with E-state index in [1.165, 1.54) is 11.3 Å². The van der Waals surface area contributed by atoms with Crippen molar-refractivity contribution in [3.63, 3.8) is 0 Å². The van der Waals surface area contributed by atoms with Crippen LogP contribution in [0.3, 0.4) is 0 Å². The van der Waals surface area contributed by atoms with Crippen molar-refractivity contribution in [2.24, 2.45) is 0 Å². The Morgan fingerprint density at radius 2 is 2.05 bits per heavy atom. The van der Waals surface area contributed by atoms with Crippen molar-refractivity contribution in [2.75, 3.05) is 12.8 Å². The molecular formula is C18H20N3O+. The zero-order valence-electron chi connectivity index (χ0n) is 12.9. The van der Waals surface area contributed by atoms with Crippen LogP contribution in [0.5, 0.6) is 5.75 Å². The summed E-state index contributed by atoms with van der Waals surface area (Å²) < 4.78 is 5.22. The van der Waals surface area contributed by atoms with E-state index in [-0.39, 0.29) is 0 Å². The molecule has 0 bridgehead atoms. The fraction of sp³-hybridized carbons (Fsp3) is 0.333. The molecule has 0 amide bonds. The molecule has 2 aromatic rings. The minimum absolute atomic E-state index is 0.441. The molecule has 1 aliphatic carbocycles. The topological polar surface area (TPSA) is 73.2 Å². The van der Waals surface area contributed by atoms with E-state index >= 15 is 0 Å². The number of methoxy groups -OCH3 is 1. The number of ether oxygens (including phenoxy) is 1. The summed E-state index contributed by atoms with van der Waals surface area (Å²) in [5, 5.41) is 9.55. The Kier molecular flexibility index (Phi) is 3.72. The van der Waals surface area contributed by atoms with Gasteiger partial charge in [0.2, 0.25) is 0 Å². The summed E-state index contributed by atoms with van der Waals surface area (Å²) in [7, 11) is 1.65. The molecule has 22 heavy (non-hydrogen) atoms. The molecule has 0 radical (unpaired) electrons. The van der Waals surface area contributed by atoms with E-state index in [9.17, 15) is 5.26 Å². The minimum atomic E-state index is 0.441. The van der Waals surface area contributed by atoms with E-state index in [4.69, 9.17) is 10.5 Å². The summed E-state index contributed by atoms with van der Waals surface area (Å²) in [4.78, 5) is 3.26. The molecule has 1 aromatic carbocycles. The SMILES string of the molecule is COc1ccc(-c2c(C#N)c(N)[nH+]c3c2CCC[C@H]3C)cc1. The molecule has 0 saturated carbocycles. The number of fused-ring (bicyclic) bond motifs is 1. The second-order valence-electron chi connectivity index (χ2n) is 5.81. The Morgan fingerprint density at radius 3 is 2.68 bits per heavy atom. The van der Waals surface area contributed by atoms with Crippen molar-refractivity contribution < 1.29 is 9.72 Å². The molecular weight excluding hydrogens is 274 g/mol. The number of benzene rings is 1. The Labute approximate surface area is 130 Å². The molecule has 3 rings (SSSR count). The number of aromatic nitrogens is 1. The van der Waals surface area contributed by atoms with Crippen LogP contribution >= 0.6 is 0 Å². The summed E-state index contributed by atoms with van der Waals surface area (Å²) in [6, 6.07) is 10.1. The number of aromatic amines is 1. The van der Waals surface area contributed by atoms with E-state index in [1.54, 1.807) is 7.11 Å². The normalized spacial score (nSPS) is 16.7. The summed E-state index contributed by atoms with van der Waals surface area (Å²) in [5.74, 6) is 1.71. The van der Waals surface area contributed by atoms with Crippen LogP contribution in [0, 0.1) is 11.3 Å². The van der Waals surface area contributed by atoms with Crippen LogP contribution in [0.2, 0.25) is 0 Å². The van der Waals surface area contributed by atoms with E-state index in [2.05, 4.69) is 18.0 Å². The first-order valence-corrected chi connectivity index (χ1v) is 7.57. The number of nitrogens with one attached hydrogen (secondary N) is 1. The molecule has 0 aliphatic heterocycles. The lowest BCUT2D eigenvalue weighted by Gasteiger charge is -2.23. The predicted octanol–water partition coefficient (Wildman–Crippen LogP) is 3.07. The molecule has 0 fully saturated rings. The Balaban J connectivity index is 2.26. The van der Waals surface area contributed by atoms with Gasteiger partial charge in [-0.2, -0.15) is 5.26 Å². The number of hydrogen-bond acceptors (Lipinski definition) is 3. The van der Waals surface area contributed by atoms with Crippen LogP contribution in [0.1, 0.15) is 42.5 Å². The van der Waals surface area contributed by atoms with Crippen molar-refractivity contribution in [1.82, 2.24) is 0 Å². The molecule has 1 heterocycles. The van der Waals surface area contributed by atoms with Gasteiger partial charge in [-0.25, -0.2) is 4.98 Å². The highest BCUT2D eigenvalue weighted by Crippen LogP contribution is 2.38. The maximum absolute atomic E-state index is 9.55. The molecule has 112 valence electrons. The molecule has 4 nitrogen and oxygen atoms in total. The van der Waals surface area contributed by atoms with E-state index in [1.807, 2.05) is 24.3 Å². The fourth-order valence-electron chi connectivity index (χ4n) is 3.31. The number of nitrogens with two attached hydrogens (primary N) is 1. The minimum Gasteiger partial charge on any atom is -0.497 e. The maximum Gasteiger partial charge on any atom is 0.289 e. The largest absolute Gasteiger partial charge is 0.497 e. The highest BCUT2D eigenvalue weighted by Gasteiger charge is 2.28. The van der Waals surface area contributed by atoms with Crippen LogP contribution in [0.25, 0.3) is 11.1 Å². The highest BCUT2D eigenvalue weighted by atomic mass is 16.5. The van der Waals surface area contributed by atoms with Gasteiger partial charge in [0.1, 0.15) is 23.1 Å². The zero-order chi connectivity index (χ0) is 15.7. The molecule has 1 aromatic heterocycles. The first-order valence-electron chi connectivity index (χ1n) is 7.57. The number of nitriles is 1. The summed E-state index contributed by atoms with van der Waals surface area (Å²) in [5.41, 5.74) is 11.0. The number of H-pyrrole nitrogens is 1. The van der Waals surface area contributed by atoms with Gasteiger partial charge in [0.25, 0.3) is 5.82 Å². The molecule has 4 heteroatoms. The van der Waals surface area contributed by atoms with Gasteiger partial charge in [0, 0.05) is 17.0 Å². The van der Waals surface area contributed by atoms with Crippen molar-refractivity contribution in [3.8, 4) is 22.9 Å². The van der Waals surface area contributed by atoms with Crippen molar-refractivity contribution in [2.45, 2.75) is 32.1 Å². The second-order valence-corrected chi connectivity index (χ2v) is 5.81. The van der Waals surface area contributed by atoms with Gasteiger partial charge in [-0.05, 0) is 37.0 Å². The third-order valence-corrected chi connectivity index (χ3v) is 4.46. The Morgan fingerprint density at radius 1 is 1.32 bits per heavy atom. The van der Waals surface area contributed by atoms with Gasteiger partial charge in [-0.15, -0.1) is 0 Å². The second kappa shape index (κ2) is 5.69. The number of hydrogen-bond donors (Lipinski definition) is 1. The molecule has 3 N–H and O–H groups in total. The quantitative estimate of drug-likeness (QED) is 0.925. The number of anilines is 1. The Bertz CT molecular complexity index is 744. The lowest BCUT2D eigenvalue weighted by Crippen LogP contribution is -2.26. The molecule has 1 atom stereocenters. The number of pyridine rings is 1. The van der Waals surface area contributed by atoms with Gasteiger partial charge < -0.3 is 4.74 Å². The van der Waals surface area contributed by atoms with Crippen molar-refractivity contribution in [1.29, 1.82) is 5.26 Å². The number of nitrogens with zero attached hydrogens (tertiary/aromatic N) is 1. The van der Waals surface area contributed by atoms with Gasteiger partial charge in [-0.3, -0.25) is 5.73 Å². The lowest BCUT2D eigenvalue weighted by atomic mass is 9.82. The molecule has 0 spiro atoms. The summed E-state index contributed by atoms with van der Waals surface area (Å²) in [6.07, 6.45) is 3.27. The summed E-state index contributed by atoms with van der Waals surface area (Å²) in [6.45, 7) is 2.21. The smallest absolute Gasteiger partial charge is 0.289 e. The van der Waals surface area contributed by atoms with Crippen molar-refractivity contribution >= 4 is 5.82 Å². The van der Waals surface area contributed by atoms with Gasteiger partial charge in [0.15, 0.2) is 0 Å². The van der Waals surface area contributed by atoms with E-state index in [0.29, 0.717) is 17.3 Å². The zero-order valence-corrected chi connectivity index (χ0v) is 12.9. The van der Waals surface area contributed by atoms with E-state index < -0.39 is 0 Å². The van der Waals surface area contributed by atoms with Crippen LogP contribution < -0.4 is 15.5 Å². The number of nitrogen functional groups attached to an aromatic ring is 1. The lowest BCUT2D eigenvalue weighted by molar-refractivity contribution is -0.377.